The van der Waals surface area contributed by atoms with Gasteiger partial charge in [-0.1, -0.05) is 289 Å². The maximum Gasteiger partial charge on any atom is 0.305 e. The van der Waals surface area contributed by atoms with E-state index in [-0.39, 0.29) is 18.5 Å². The van der Waals surface area contributed by atoms with Gasteiger partial charge in [0.25, 0.3) is 0 Å². The molecule has 0 saturated heterocycles. The van der Waals surface area contributed by atoms with Gasteiger partial charge in [0.1, 0.15) is 0 Å². The molecule has 0 aromatic rings. The largest absolute Gasteiger partial charge is 0.466 e. The van der Waals surface area contributed by atoms with Crippen molar-refractivity contribution in [3.05, 3.63) is 24.3 Å². The van der Waals surface area contributed by atoms with Crippen LogP contribution in [0.5, 0.6) is 0 Å². The first-order valence-electron chi connectivity index (χ1n) is 30.6. The maximum absolute atomic E-state index is 12.5. The highest BCUT2D eigenvalue weighted by Crippen LogP contribution is 2.18. The molecule has 1 amide bonds. The van der Waals surface area contributed by atoms with Crippen LogP contribution in [0.15, 0.2) is 24.3 Å². The number of hydrogen-bond acceptors (Lipinski definition) is 5. The molecule has 2 unspecified atom stereocenters. The third-order valence-corrected chi connectivity index (χ3v) is 14.3. The van der Waals surface area contributed by atoms with Crippen molar-refractivity contribution in [2.45, 2.75) is 347 Å². The average Bonchev–Trinajstić information content (AvgIpc) is 3.34. The fourth-order valence-corrected chi connectivity index (χ4v) is 9.55. The van der Waals surface area contributed by atoms with E-state index in [1.807, 2.05) is 0 Å². The lowest BCUT2D eigenvalue weighted by Gasteiger charge is -2.22. The molecule has 0 aliphatic rings. The maximum atomic E-state index is 12.5. The van der Waals surface area contributed by atoms with Gasteiger partial charge in [-0.05, 0) is 57.8 Å². The van der Waals surface area contributed by atoms with E-state index in [2.05, 4.69) is 43.5 Å². The van der Waals surface area contributed by atoms with E-state index in [1.54, 1.807) is 0 Å². The molecule has 0 saturated carbocycles. The minimum Gasteiger partial charge on any atom is -0.466 e. The third kappa shape index (κ3) is 53.7. The van der Waals surface area contributed by atoms with Crippen LogP contribution in [0.1, 0.15) is 335 Å². The fourth-order valence-electron chi connectivity index (χ4n) is 9.55. The van der Waals surface area contributed by atoms with Crippen molar-refractivity contribution in [2.75, 3.05) is 13.2 Å². The zero-order chi connectivity index (χ0) is 49.3. The number of ether oxygens (including phenoxy) is 1. The second-order valence-corrected chi connectivity index (χ2v) is 21.0. The Balaban J connectivity index is 3.44. The highest BCUT2D eigenvalue weighted by atomic mass is 16.5. The molecular weight excluding hydrogens is 839 g/mol. The highest BCUT2D eigenvalue weighted by molar-refractivity contribution is 5.76. The number of aliphatic hydroxyl groups excluding tert-OH is 2. The number of hydrogen-bond donors (Lipinski definition) is 3. The van der Waals surface area contributed by atoms with Gasteiger partial charge in [0.2, 0.25) is 5.91 Å². The van der Waals surface area contributed by atoms with E-state index in [0.29, 0.717) is 25.9 Å². The Morgan fingerprint density at radius 2 is 0.735 bits per heavy atom. The van der Waals surface area contributed by atoms with Crippen LogP contribution in [0.2, 0.25) is 0 Å². The summed E-state index contributed by atoms with van der Waals surface area (Å²) in [6.07, 6.45) is 70.3. The van der Waals surface area contributed by atoms with Gasteiger partial charge in [0.05, 0.1) is 25.4 Å². The van der Waals surface area contributed by atoms with E-state index in [9.17, 15) is 19.8 Å². The molecule has 6 heteroatoms. The normalized spacial score (nSPS) is 12.7. The number of esters is 1. The third-order valence-electron chi connectivity index (χ3n) is 14.3. The predicted octanol–water partition coefficient (Wildman–Crippen LogP) is 19.0. The molecule has 6 nitrogen and oxygen atoms in total. The van der Waals surface area contributed by atoms with Gasteiger partial charge < -0.3 is 20.3 Å². The first-order valence-corrected chi connectivity index (χ1v) is 30.6. The van der Waals surface area contributed by atoms with Crippen molar-refractivity contribution in [2.24, 2.45) is 0 Å². The molecule has 0 fully saturated rings. The average molecular weight is 959 g/mol. The quantitative estimate of drug-likeness (QED) is 0.0321. The van der Waals surface area contributed by atoms with Crippen LogP contribution in [0.4, 0.5) is 0 Å². The summed E-state index contributed by atoms with van der Waals surface area (Å²) in [6.45, 7) is 4.93. The molecule has 0 aromatic heterocycles. The molecule has 0 bridgehead atoms. The summed E-state index contributed by atoms with van der Waals surface area (Å²) in [4.78, 5) is 24.6. The van der Waals surface area contributed by atoms with E-state index >= 15 is 0 Å². The topological polar surface area (TPSA) is 95.9 Å². The molecule has 0 aromatic carbocycles. The SMILES string of the molecule is CCCCCC/C=C\C/C=C\CCCCCCCC(=O)OCCCCCCCCCCCCCCCCC(=O)NC(CO)C(O)CCCCCCCCCCCCCCCCCCCCCCC. The van der Waals surface area contributed by atoms with Gasteiger partial charge in [0, 0.05) is 12.8 Å². The number of allylic oxidation sites excluding steroid dienone is 4. The summed E-state index contributed by atoms with van der Waals surface area (Å²) in [5.41, 5.74) is 0. The van der Waals surface area contributed by atoms with Crippen LogP contribution in [0.25, 0.3) is 0 Å². The zero-order valence-electron chi connectivity index (χ0n) is 45.9. The standard InChI is InChI=1S/C62H119NO5/c1-3-5-7-9-11-13-15-17-19-21-22-23-24-25-26-30-34-38-42-46-50-54-60(65)59(58-64)63-61(66)55-51-47-43-39-35-31-28-29-33-37-41-45-49-53-57-68-62(67)56-52-48-44-40-36-32-27-20-18-16-14-12-10-8-6-4-2/h14,16,20,27,59-60,64-65H,3-13,15,17-19,21-26,28-58H2,1-2H3,(H,63,66)/b16-14-,27-20-. The number of nitrogens with one attached hydrogen (secondary N) is 1. The van der Waals surface area contributed by atoms with E-state index in [0.717, 1.165) is 57.8 Å². The van der Waals surface area contributed by atoms with Gasteiger partial charge >= 0.3 is 5.97 Å². The monoisotopic (exact) mass is 958 g/mol. The molecule has 68 heavy (non-hydrogen) atoms. The predicted molar refractivity (Wildman–Crippen MR) is 296 cm³/mol. The molecular formula is C62H119NO5. The molecule has 0 radical (unpaired) electrons. The Labute approximate surface area is 424 Å². The minimum absolute atomic E-state index is 0.0147. The zero-order valence-corrected chi connectivity index (χ0v) is 45.9. The van der Waals surface area contributed by atoms with Crippen LogP contribution in [-0.2, 0) is 14.3 Å². The molecule has 0 rings (SSSR count). The van der Waals surface area contributed by atoms with Crippen molar-refractivity contribution in [3.63, 3.8) is 0 Å². The Kier molecular flexibility index (Phi) is 56.5. The first kappa shape index (κ1) is 66.3. The lowest BCUT2D eigenvalue weighted by Crippen LogP contribution is -2.45. The van der Waals surface area contributed by atoms with Crippen LogP contribution in [-0.4, -0.2) is 47.4 Å². The van der Waals surface area contributed by atoms with Crippen LogP contribution in [0.3, 0.4) is 0 Å². The molecule has 0 heterocycles. The Hall–Kier alpha value is -1.66. The van der Waals surface area contributed by atoms with Crippen molar-refractivity contribution >= 4 is 11.9 Å². The number of carbonyl (C=O) groups is 2. The Morgan fingerprint density at radius 3 is 1.13 bits per heavy atom. The fraction of sp³-hybridized carbons (Fsp3) is 0.903. The summed E-state index contributed by atoms with van der Waals surface area (Å²) < 4.78 is 5.47. The molecule has 3 N–H and O–H groups in total. The molecule has 402 valence electrons. The molecule has 0 aliphatic carbocycles. The molecule has 2 atom stereocenters. The second kappa shape index (κ2) is 57.9. The lowest BCUT2D eigenvalue weighted by atomic mass is 10.0. The van der Waals surface area contributed by atoms with E-state index in [4.69, 9.17) is 4.74 Å². The smallest absolute Gasteiger partial charge is 0.305 e. The highest BCUT2D eigenvalue weighted by Gasteiger charge is 2.20. The number of unbranched alkanes of at least 4 members (excludes halogenated alkanes) is 42. The van der Waals surface area contributed by atoms with Crippen molar-refractivity contribution in [1.29, 1.82) is 0 Å². The number of amides is 1. The van der Waals surface area contributed by atoms with Crippen LogP contribution < -0.4 is 5.32 Å². The molecule has 0 spiro atoms. The van der Waals surface area contributed by atoms with Crippen LogP contribution >= 0.6 is 0 Å². The van der Waals surface area contributed by atoms with Crippen LogP contribution in [0, 0.1) is 0 Å². The Morgan fingerprint density at radius 1 is 0.412 bits per heavy atom. The van der Waals surface area contributed by atoms with Gasteiger partial charge in [-0.2, -0.15) is 0 Å². The lowest BCUT2D eigenvalue weighted by molar-refractivity contribution is -0.143. The minimum atomic E-state index is -0.673. The summed E-state index contributed by atoms with van der Waals surface area (Å²) in [5.74, 6) is -0.0577. The van der Waals surface area contributed by atoms with E-state index in [1.165, 1.54) is 244 Å². The second-order valence-electron chi connectivity index (χ2n) is 21.0. The van der Waals surface area contributed by atoms with Gasteiger partial charge in [-0.25, -0.2) is 0 Å². The van der Waals surface area contributed by atoms with E-state index < -0.39 is 12.1 Å². The molecule has 0 aliphatic heterocycles. The number of rotatable bonds is 57. The first-order chi connectivity index (χ1) is 33.5. The van der Waals surface area contributed by atoms with Crippen molar-refractivity contribution in [3.8, 4) is 0 Å². The van der Waals surface area contributed by atoms with Crippen molar-refractivity contribution in [1.82, 2.24) is 5.32 Å². The summed E-state index contributed by atoms with van der Waals surface area (Å²) in [6, 6.07) is -0.551. The Bertz CT molecular complexity index is 1060. The van der Waals surface area contributed by atoms with Crippen molar-refractivity contribution < 1.29 is 24.5 Å². The van der Waals surface area contributed by atoms with Gasteiger partial charge in [-0.3, -0.25) is 9.59 Å². The van der Waals surface area contributed by atoms with Gasteiger partial charge in [0.15, 0.2) is 0 Å². The summed E-state index contributed by atoms with van der Waals surface area (Å²) in [7, 11) is 0. The number of aliphatic hydroxyl groups is 2. The number of carbonyl (C=O) groups excluding carboxylic acids is 2. The van der Waals surface area contributed by atoms with Gasteiger partial charge in [-0.15, -0.1) is 0 Å². The summed E-state index contributed by atoms with van der Waals surface area (Å²) in [5, 5.41) is 23.4. The summed E-state index contributed by atoms with van der Waals surface area (Å²) >= 11 is 0.